The Morgan fingerprint density at radius 3 is 2.30 bits per heavy atom. The van der Waals surface area contributed by atoms with Crippen molar-refractivity contribution >= 4 is 22.0 Å². The van der Waals surface area contributed by atoms with Gasteiger partial charge in [0, 0.05) is 44.8 Å². The standard InChI is InChI=1S/C23H29N3O3S/c1-30(28,29)24-14-13-21-9-11-22(12-10-21)23(27)26-18-16-25(17-19-26)15-5-8-20-6-3-2-4-7-20/h2-12,24H,13-19H2,1H3. The summed E-state index contributed by atoms with van der Waals surface area (Å²) in [5.41, 5.74) is 2.87. The quantitative estimate of drug-likeness (QED) is 0.702. The Hall–Kier alpha value is -2.48. The number of rotatable bonds is 8. The van der Waals surface area contributed by atoms with Crippen LogP contribution in [0.25, 0.3) is 6.08 Å². The van der Waals surface area contributed by atoms with E-state index in [4.69, 9.17) is 0 Å². The number of nitrogens with zero attached hydrogens (tertiary/aromatic N) is 2. The number of hydrogen-bond donors (Lipinski definition) is 1. The van der Waals surface area contributed by atoms with Crippen molar-refractivity contribution in [1.29, 1.82) is 0 Å². The van der Waals surface area contributed by atoms with Crippen LogP contribution in [-0.4, -0.2) is 69.6 Å². The van der Waals surface area contributed by atoms with E-state index in [0.29, 0.717) is 18.5 Å². The van der Waals surface area contributed by atoms with E-state index in [1.54, 1.807) is 0 Å². The molecule has 0 aliphatic carbocycles. The zero-order valence-corrected chi connectivity index (χ0v) is 18.1. The zero-order valence-electron chi connectivity index (χ0n) is 17.3. The van der Waals surface area contributed by atoms with Crippen molar-refractivity contribution in [1.82, 2.24) is 14.5 Å². The Labute approximate surface area is 179 Å². The first-order valence-corrected chi connectivity index (χ1v) is 12.1. The van der Waals surface area contributed by atoms with E-state index in [9.17, 15) is 13.2 Å². The number of carbonyl (C=O) groups is 1. The average Bonchev–Trinajstić information content (AvgIpc) is 2.74. The van der Waals surface area contributed by atoms with Crippen LogP contribution in [0.4, 0.5) is 0 Å². The summed E-state index contributed by atoms with van der Waals surface area (Å²) >= 11 is 0. The molecule has 1 heterocycles. The van der Waals surface area contributed by atoms with Crippen molar-refractivity contribution in [3.63, 3.8) is 0 Å². The first-order valence-electron chi connectivity index (χ1n) is 10.2. The van der Waals surface area contributed by atoms with E-state index in [1.807, 2.05) is 47.4 Å². The van der Waals surface area contributed by atoms with E-state index in [0.717, 1.165) is 44.5 Å². The highest BCUT2D eigenvalue weighted by Crippen LogP contribution is 2.11. The van der Waals surface area contributed by atoms with Gasteiger partial charge in [-0.25, -0.2) is 13.1 Å². The SMILES string of the molecule is CS(=O)(=O)NCCc1ccc(C(=O)N2CCN(CC=Cc3ccccc3)CC2)cc1. The molecule has 2 aromatic carbocycles. The normalized spacial score (nSPS) is 15.6. The molecular formula is C23H29N3O3S. The molecule has 7 heteroatoms. The number of sulfonamides is 1. The number of carbonyl (C=O) groups excluding carboxylic acids is 1. The average molecular weight is 428 g/mol. The Kier molecular flexibility index (Phi) is 7.79. The molecule has 1 N–H and O–H groups in total. The highest BCUT2D eigenvalue weighted by atomic mass is 32.2. The van der Waals surface area contributed by atoms with Crippen molar-refractivity contribution in [2.24, 2.45) is 0 Å². The molecule has 6 nitrogen and oxygen atoms in total. The topological polar surface area (TPSA) is 69.7 Å². The summed E-state index contributed by atoms with van der Waals surface area (Å²) in [5, 5.41) is 0. The Balaban J connectivity index is 1.44. The Morgan fingerprint density at radius 2 is 1.67 bits per heavy atom. The van der Waals surface area contributed by atoms with Crippen LogP contribution in [0.5, 0.6) is 0 Å². The van der Waals surface area contributed by atoms with Crippen LogP contribution in [0.3, 0.4) is 0 Å². The summed E-state index contributed by atoms with van der Waals surface area (Å²) in [6.45, 7) is 4.40. The molecule has 0 saturated carbocycles. The lowest BCUT2D eigenvalue weighted by atomic mass is 10.1. The lowest BCUT2D eigenvalue weighted by Gasteiger charge is -2.34. The number of benzene rings is 2. The molecule has 160 valence electrons. The second-order valence-corrected chi connectivity index (χ2v) is 9.35. The molecule has 1 aliphatic heterocycles. The van der Waals surface area contributed by atoms with E-state index >= 15 is 0 Å². The van der Waals surface area contributed by atoms with Crippen LogP contribution in [0, 0.1) is 0 Å². The molecule has 2 aromatic rings. The second-order valence-electron chi connectivity index (χ2n) is 7.52. The smallest absolute Gasteiger partial charge is 0.253 e. The largest absolute Gasteiger partial charge is 0.336 e. The molecule has 0 bridgehead atoms. The van der Waals surface area contributed by atoms with Gasteiger partial charge in [-0.3, -0.25) is 9.69 Å². The summed E-state index contributed by atoms with van der Waals surface area (Å²) < 4.78 is 24.7. The van der Waals surface area contributed by atoms with Gasteiger partial charge >= 0.3 is 0 Å². The fraction of sp³-hybridized carbons (Fsp3) is 0.348. The summed E-state index contributed by atoms with van der Waals surface area (Å²) in [6.07, 6.45) is 6.04. The molecule has 1 fully saturated rings. The molecular weight excluding hydrogens is 398 g/mol. The highest BCUT2D eigenvalue weighted by Gasteiger charge is 2.21. The maximum Gasteiger partial charge on any atom is 0.253 e. The molecule has 0 atom stereocenters. The first kappa shape index (κ1) is 22.2. The summed E-state index contributed by atoms with van der Waals surface area (Å²) in [7, 11) is -3.17. The first-order chi connectivity index (χ1) is 14.4. The molecule has 0 unspecified atom stereocenters. The minimum Gasteiger partial charge on any atom is -0.336 e. The van der Waals surface area contributed by atoms with E-state index in [1.165, 1.54) is 5.56 Å². The third kappa shape index (κ3) is 7.09. The summed E-state index contributed by atoms with van der Waals surface area (Å²) in [5.74, 6) is 0.0512. The predicted octanol–water partition coefficient (Wildman–Crippen LogP) is 2.25. The van der Waals surface area contributed by atoms with Gasteiger partial charge in [0.15, 0.2) is 0 Å². The number of hydrogen-bond acceptors (Lipinski definition) is 4. The Morgan fingerprint density at radius 1 is 1.00 bits per heavy atom. The van der Waals surface area contributed by atoms with Gasteiger partial charge in [0.25, 0.3) is 5.91 Å². The molecule has 0 spiro atoms. The van der Waals surface area contributed by atoms with E-state index in [-0.39, 0.29) is 5.91 Å². The minimum atomic E-state index is -3.17. The van der Waals surface area contributed by atoms with Crippen molar-refractivity contribution in [2.45, 2.75) is 6.42 Å². The molecule has 1 saturated heterocycles. The number of amides is 1. The summed E-state index contributed by atoms with van der Waals surface area (Å²) in [6, 6.07) is 17.7. The van der Waals surface area contributed by atoms with E-state index in [2.05, 4.69) is 33.9 Å². The van der Waals surface area contributed by atoms with E-state index < -0.39 is 10.0 Å². The van der Waals surface area contributed by atoms with Crippen LogP contribution in [0.15, 0.2) is 60.7 Å². The van der Waals surface area contributed by atoms with Crippen LogP contribution in [0.2, 0.25) is 0 Å². The van der Waals surface area contributed by atoms with Crippen LogP contribution < -0.4 is 4.72 Å². The van der Waals surface area contributed by atoms with Crippen molar-refractivity contribution in [3.8, 4) is 0 Å². The molecule has 3 rings (SSSR count). The second kappa shape index (κ2) is 10.5. The van der Waals surface area contributed by atoms with Gasteiger partial charge in [0.2, 0.25) is 10.0 Å². The maximum atomic E-state index is 12.8. The minimum absolute atomic E-state index is 0.0512. The van der Waals surface area contributed by atoms with Crippen LogP contribution in [-0.2, 0) is 16.4 Å². The fourth-order valence-electron chi connectivity index (χ4n) is 3.41. The van der Waals surface area contributed by atoms with Crippen molar-refractivity contribution in [3.05, 3.63) is 77.4 Å². The van der Waals surface area contributed by atoms with Gasteiger partial charge in [-0.1, -0.05) is 54.6 Å². The number of nitrogens with one attached hydrogen (secondary N) is 1. The van der Waals surface area contributed by atoms with Gasteiger partial charge in [-0.15, -0.1) is 0 Å². The fourth-order valence-corrected chi connectivity index (χ4v) is 3.89. The zero-order chi connectivity index (χ0) is 21.4. The van der Waals surface area contributed by atoms with Gasteiger partial charge in [-0.05, 0) is 29.7 Å². The van der Waals surface area contributed by atoms with Crippen molar-refractivity contribution < 1.29 is 13.2 Å². The lowest BCUT2D eigenvalue weighted by molar-refractivity contribution is 0.0650. The molecule has 0 radical (unpaired) electrons. The monoisotopic (exact) mass is 427 g/mol. The van der Waals surface area contributed by atoms with Crippen molar-refractivity contribution in [2.75, 3.05) is 45.5 Å². The Bertz CT molecular complexity index is 949. The molecule has 30 heavy (non-hydrogen) atoms. The third-order valence-corrected chi connectivity index (χ3v) is 5.84. The predicted molar refractivity (Wildman–Crippen MR) is 121 cm³/mol. The van der Waals surface area contributed by atoms with Crippen LogP contribution >= 0.6 is 0 Å². The molecule has 0 aromatic heterocycles. The molecule has 1 amide bonds. The highest BCUT2D eigenvalue weighted by molar-refractivity contribution is 7.88. The maximum absolute atomic E-state index is 12.8. The lowest BCUT2D eigenvalue weighted by Crippen LogP contribution is -2.48. The van der Waals surface area contributed by atoms with Gasteiger partial charge in [0.05, 0.1) is 6.26 Å². The molecule has 1 aliphatic rings. The number of piperazine rings is 1. The third-order valence-electron chi connectivity index (χ3n) is 5.11. The van der Waals surface area contributed by atoms with Gasteiger partial charge in [-0.2, -0.15) is 0 Å². The van der Waals surface area contributed by atoms with Gasteiger partial charge < -0.3 is 4.90 Å². The van der Waals surface area contributed by atoms with Crippen LogP contribution in [0.1, 0.15) is 21.5 Å². The summed E-state index contributed by atoms with van der Waals surface area (Å²) in [4.78, 5) is 17.0. The van der Waals surface area contributed by atoms with Gasteiger partial charge in [0.1, 0.15) is 0 Å².